The van der Waals surface area contributed by atoms with Gasteiger partial charge in [0.15, 0.2) is 17.3 Å². The largest absolute Gasteiger partial charge is 0.493 e. The third kappa shape index (κ3) is 12.0. The van der Waals surface area contributed by atoms with Crippen molar-refractivity contribution in [2.24, 2.45) is 5.92 Å². The number of unbranched alkanes of at least 4 members (excludes halogenated alkanes) is 2. The van der Waals surface area contributed by atoms with Crippen LogP contribution in [0.25, 0.3) is 11.3 Å². The lowest BCUT2D eigenvalue weighted by atomic mass is 10.0. The Morgan fingerprint density at radius 1 is 1.04 bits per heavy atom. The van der Waals surface area contributed by atoms with Gasteiger partial charge in [-0.15, -0.1) is 0 Å². The molecule has 4 atom stereocenters. The predicted octanol–water partition coefficient (Wildman–Crippen LogP) is 7.45. The first-order valence-electron chi connectivity index (χ1n) is 20.2. The van der Waals surface area contributed by atoms with Crippen molar-refractivity contribution in [3.8, 4) is 22.8 Å². The summed E-state index contributed by atoms with van der Waals surface area (Å²) in [6.07, 6.45) is 9.45. The fourth-order valence-electron chi connectivity index (χ4n) is 7.27. The van der Waals surface area contributed by atoms with Crippen molar-refractivity contribution in [2.45, 2.75) is 102 Å². The van der Waals surface area contributed by atoms with Crippen LogP contribution in [0.2, 0.25) is 0 Å². The van der Waals surface area contributed by atoms with Crippen molar-refractivity contribution in [1.82, 2.24) is 25.7 Å². The molecule has 4 unspecified atom stereocenters. The van der Waals surface area contributed by atoms with Crippen LogP contribution >= 0.6 is 11.8 Å². The Bertz CT molecular complexity index is 1720. The molecule has 3 aromatic rings. The average molecular weight is 797 g/mol. The molecule has 6 rings (SSSR count). The maximum Gasteiger partial charge on any atom is 0.315 e. The summed E-state index contributed by atoms with van der Waals surface area (Å²) in [4.78, 5) is 23.7. The van der Waals surface area contributed by atoms with E-state index in [0.29, 0.717) is 80.6 Å². The monoisotopic (exact) mass is 796 g/mol. The molecule has 14 heteroatoms. The summed E-state index contributed by atoms with van der Waals surface area (Å²) < 4.78 is 38.4. The number of thioether (sulfide) groups is 1. The summed E-state index contributed by atoms with van der Waals surface area (Å²) in [5.41, 5.74) is 4.70. The molecule has 308 valence electrons. The Balaban J connectivity index is 0.000000677. The first-order chi connectivity index (χ1) is 27.2. The number of methoxy groups -OCH3 is 2. The van der Waals surface area contributed by atoms with Crippen LogP contribution in [-0.4, -0.2) is 92.0 Å². The standard InChI is InChI=1S/C34H43FN6O6S.C8H18/c1-44-27-17-21-16-25-32(24(21)19-28(27)45-2)41(40-33(25)37-23-7-5-6-22(35)18-23)11-13-47-15-14-46-12-10-36-30(42)9-4-3-8-29-31-26(20-48-29)38-34(43)39-31;1-4-6-7-8(3)5-2/h5-7,17-19,26,29,31H,3-4,8-16,20H2,1-2H3,(H,36,42)(H,37,40)(H2,38,39,43);8H,4-7H2,1-3H3. The molecule has 1 aliphatic carbocycles. The molecule has 2 aliphatic heterocycles. The van der Waals surface area contributed by atoms with Gasteiger partial charge in [-0.3, -0.25) is 9.48 Å². The van der Waals surface area contributed by atoms with Crippen LogP contribution in [0.5, 0.6) is 11.5 Å². The van der Waals surface area contributed by atoms with Crippen molar-refractivity contribution in [1.29, 1.82) is 0 Å². The van der Waals surface area contributed by atoms with Gasteiger partial charge in [0.2, 0.25) is 5.91 Å². The molecule has 56 heavy (non-hydrogen) atoms. The molecule has 3 amide bonds. The summed E-state index contributed by atoms with van der Waals surface area (Å²) in [5.74, 6) is 3.57. The third-order valence-corrected chi connectivity index (χ3v) is 12.1. The number of ether oxygens (including phenoxy) is 4. The Kier molecular flexibility index (Phi) is 17.0. The van der Waals surface area contributed by atoms with Gasteiger partial charge in [-0.2, -0.15) is 16.9 Å². The van der Waals surface area contributed by atoms with E-state index in [4.69, 9.17) is 24.0 Å². The summed E-state index contributed by atoms with van der Waals surface area (Å²) in [6, 6.07) is 10.6. The minimum atomic E-state index is -0.324. The zero-order valence-corrected chi connectivity index (χ0v) is 34.5. The molecular weight excluding hydrogens is 736 g/mol. The molecule has 12 nitrogen and oxygen atoms in total. The summed E-state index contributed by atoms with van der Waals surface area (Å²) in [7, 11) is 3.23. The van der Waals surface area contributed by atoms with Gasteiger partial charge in [0, 0.05) is 47.2 Å². The van der Waals surface area contributed by atoms with E-state index in [2.05, 4.69) is 42.0 Å². The van der Waals surface area contributed by atoms with Crippen LogP contribution in [-0.2, 0) is 27.2 Å². The lowest BCUT2D eigenvalue weighted by Crippen LogP contribution is -2.36. The van der Waals surface area contributed by atoms with Crippen LogP contribution in [0, 0.1) is 11.7 Å². The number of benzene rings is 2. The fourth-order valence-corrected chi connectivity index (χ4v) is 8.81. The van der Waals surface area contributed by atoms with E-state index < -0.39 is 0 Å². The number of fused-ring (bicyclic) bond motifs is 4. The quantitative estimate of drug-likeness (QED) is 0.0472. The number of hydrogen-bond acceptors (Lipinski definition) is 9. The molecule has 0 spiro atoms. The number of halogens is 1. The number of nitrogens with one attached hydrogen (secondary N) is 4. The number of amides is 3. The number of nitrogens with zero attached hydrogens (tertiary/aromatic N) is 2. The molecule has 3 heterocycles. The Hall–Kier alpha value is -4.01. The van der Waals surface area contributed by atoms with Gasteiger partial charge < -0.3 is 40.2 Å². The normalized spacial score (nSPS) is 18.2. The molecule has 2 saturated heterocycles. The third-order valence-electron chi connectivity index (χ3n) is 10.6. The molecule has 2 fully saturated rings. The number of aromatic nitrogens is 2. The maximum absolute atomic E-state index is 13.9. The highest BCUT2D eigenvalue weighted by atomic mass is 32.2. The van der Waals surface area contributed by atoms with Crippen molar-refractivity contribution in [2.75, 3.05) is 58.3 Å². The highest BCUT2D eigenvalue weighted by molar-refractivity contribution is 8.00. The van der Waals surface area contributed by atoms with Crippen LogP contribution in [0.4, 0.5) is 20.7 Å². The summed E-state index contributed by atoms with van der Waals surface area (Å²) in [6.45, 7) is 9.44. The van der Waals surface area contributed by atoms with Crippen molar-refractivity contribution in [3.05, 3.63) is 53.3 Å². The molecule has 2 aromatic carbocycles. The van der Waals surface area contributed by atoms with E-state index in [1.165, 1.54) is 37.8 Å². The van der Waals surface area contributed by atoms with Gasteiger partial charge in [-0.1, -0.05) is 58.9 Å². The fraction of sp³-hybridized carbons (Fsp3) is 0.595. The first-order valence-corrected chi connectivity index (χ1v) is 21.3. The SMILES string of the molecule is CCCCC(C)CC.COc1cc2c(cc1OC)-c1c(c(Nc3cccc(F)c3)nn1CCOCCOCCNC(=O)CCCCC1SCC3NC(=O)NC31)C2. The van der Waals surface area contributed by atoms with Crippen molar-refractivity contribution >= 4 is 35.2 Å². The highest BCUT2D eigenvalue weighted by Crippen LogP contribution is 2.45. The Labute approximate surface area is 335 Å². The number of anilines is 2. The van der Waals surface area contributed by atoms with E-state index in [1.807, 2.05) is 28.6 Å². The predicted molar refractivity (Wildman–Crippen MR) is 221 cm³/mol. The number of carbonyl (C=O) groups is 2. The maximum atomic E-state index is 13.9. The Morgan fingerprint density at radius 2 is 1.82 bits per heavy atom. The van der Waals surface area contributed by atoms with E-state index in [-0.39, 0.29) is 29.8 Å². The first kappa shape index (κ1) is 43.1. The molecule has 0 bridgehead atoms. The van der Waals surface area contributed by atoms with Crippen LogP contribution in [0.15, 0.2) is 36.4 Å². The molecule has 0 saturated carbocycles. The summed E-state index contributed by atoms with van der Waals surface area (Å²) >= 11 is 1.90. The average Bonchev–Trinajstić information content (AvgIpc) is 3.95. The molecule has 3 aliphatic rings. The van der Waals surface area contributed by atoms with Gasteiger partial charge in [0.25, 0.3) is 0 Å². The smallest absolute Gasteiger partial charge is 0.315 e. The molecule has 1 aromatic heterocycles. The van der Waals surface area contributed by atoms with Gasteiger partial charge in [0.05, 0.1) is 65.0 Å². The van der Waals surface area contributed by atoms with Gasteiger partial charge in [0.1, 0.15) is 5.82 Å². The number of carbonyl (C=O) groups excluding carboxylic acids is 2. The minimum absolute atomic E-state index is 0.0262. The van der Waals surface area contributed by atoms with Crippen LogP contribution < -0.4 is 30.7 Å². The lowest BCUT2D eigenvalue weighted by Gasteiger charge is -2.16. The number of urea groups is 1. The van der Waals surface area contributed by atoms with Crippen molar-refractivity contribution in [3.63, 3.8) is 0 Å². The van der Waals surface area contributed by atoms with E-state index in [0.717, 1.165) is 53.3 Å². The van der Waals surface area contributed by atoms with Gasteiger partial charge in [-0.05, 0) is 54.7 Å². The van der Waals surface area contributed by atoms with Gasteiger partial charge in [-0.25, -0.2) is 9.18 Å². The van der Waals surface area contributed by atoms with Crippen LogP contribution in [0.1, 0.15) is 83.3 Å². The second-order valence-electron chi connectivity index (χ2n) is 14.7. The second-order valence-corrected chi connectivity index (χ2v) is 15.9. The second kappa shape index (κ2) is 22.1. The van der Waals surface area contributed by atoms with Crippen molar-refractivity contribution < 1.29 is 32.9 Å². The number of rotatable bonds is 22. The zero-order valence-electron chi connectivity index (χ0n) is 33.7. The van der Waals surface area contributed by atoms with Gasteiger partial charge >= 0.3 is 6.03 Å². The summed E-state index contributed by atoms with van der Waals surface area (Å²) in [5, 5.41) is 17.4. The zero-order chi connectivity index (χ0) is 39.9. The minimum Gasteiger partial charge on any atom is -0.493 e. The lowest BCUT2D eigenvalue weighted by molar-refractivity contribution is -0.121. The molecule has 0 radical (unpaired) electrons. The van der Waals surface area contributed by atoms with Crippen LogP contribution in [0.3, 0.4) is 0 Å². The van der Waals surface area contributed by atoms with E-state index in [1.54, 1.807) is 26.4 Å². The highest BCUT2D eigenvalue weighted by Gasteiger charge is 2.42. The molecular formula is C42H61FN6O6S. The van der Waals surface area contributed by atoms with E-state index in [9.17, 15) is 14.0 Å². The number of hydrogen-bond donors (Lipinski definition) is 4. The molecule has 4 N–H and O–H groups in total. The topological polar surface area (TPSA) is 137 Å². The Morgan fingerprint density at radius 3 is 2.57 bits per heavy atom. The van der Waals surface area contributed by atoms with E-state index >= 15 is 0 Å².